The van der Waals surface area contributed by atoms with Crippen molar-refractivity contribution in [1.29, 1.82) is 0 Å². The van der Waals surface area contributed by atoms with Crippen LogP contribution in [0.1, 0.15) is 144 Å². The Hall–Kier alpha value is -2.24. The summed E-state index contributed by atoms with van der Waals surface area (Å²) < 4.78 is 12.1. The second kappa shape index (κ2) is 11.2. The minimum atomic E-state index is -0.131. The molecule has 282 valence electrons. The highest BCUT2D eigenvalue weighted by molar-refractivity contribution is 5.92. The summed E-state index contributed by atoms with van der Waals surface area (Å²) in [5.74, 6) is 8.06. The number of ketones is 2. The number of hydrogen-bond donors (Lipinski definition) is 0. The Bertz CT molecular complexity index is 1690. The predicted octanol–water partition coefficient (Wildman–Crippen LogP) is 9.15. The van der Waals surface area contributed by atoms with Gasteiger partial charge in [0.15, 0.2) is 11.6 Å². The van der Waals surface area contributed by atoms with Crippen molar-refractivity contribution >= 4 is 23.5 Å². The summed E-state index contributed by atoms with van der Waals surface area (Å²) in [5.41, 5.74) is 3.67. The largest absolute Gasteiger partial charge is 0.462 e. The Morgan fingerprint density at radius 2 is 1.48 bits per heavy atom. The molecule has 6 nitrogen and oxygen atoms in total. The van der Waals surface area contributed by atoms with Gasteiger partial charge in [0.05, 0.1) is 0 Å². The number of allylic oxidation sites excluding steroid dienone is 2. The third-order valence-electron chi connectivity index (χ3n) is 19.3. The molecular formula is C46H62O6. The van der Waals surface area contributed by atoms with E-state index in [-0.39, 0.29) is 45.3 Å². The molecule has 52 heavy (non-hydrogen) atoms. The fraction of sp³-hybridized carbons (Fsp3) is 0.826. The van der Waals surface area contributed by atoms with Crippen molar-refractivity contribution in [3.05, 3.63) is 23.3 Å². The van der Waals surface area contributed by atoms with E-state index in [9.17, 15) is 19.2 Å². The maximum absolute atomic E-state index is 12.2. The molecule has 0 N–H and O–H groups in total. The van der Waals surface area contributed by atoms with Crippen LogP contribution >= 0.6 is 0 Å². The first-order valence-corrected chi connectivity index (χ1v) is 21.7. The first-order chi connectivity index (χ1) is 24.8. The van der Waals surface area contributed by atoms with Crippen molar-refractivity contribution in [3.63, 3.8) is 0 Å². The van der Waals surface area contributed by atoms with Gasteiger partial charge in [0.2, 0.25) is 0 Å². The molecule has 0 radical (unpaired) electrons. The molecule has 1 saturated heterocycles. The minimum absolute atomic E-state index is 0.0411. The first kappa shape index (κ1) is 34.3. The van der Waals surface area contributed by atoms with E-state index in [0.29, 0.717) is 48.1 Å². The molecule has 0 aromatic carbocycles. The molecule has 0 unspecified atom stereocenters. The molecule has 0 amide bonds. The van der Waals surface area contributed by atoms with Gasteiger partial charge in [0, 0.05) is 42.4 Å². The molecule has 10 aliphatic carbocycles. The standard InChI is InChI=1S/C24H30O3.C22H32O3/c1-22-6-3-12(25)9-17(22)13-10-14(13)20-16(22)4-7-23(2)21(20)15-11-18(15)24(23)8-5-19(26)27-24;1-4-20(24)25-19-8-7-17-16-6-5-14-13-15(23)9-11-21(14,2)18(16)10-12-22(17,19)3/h9,13-16,18,20-21H,3-8,10-11H2,1-2H3;13,16-19H,4-12H2,1-3H3/t13-,14+,15-,16+,18+,20-,21+,22-,23+,24+;16-,17-,18-,19-,21-,22-/m10/s1. The average molecular weight is 711 g/mol. The van der Waals surface area contributed by atoms with Crippen LogP contribution in [-0.4, -0.2) is 35.2 Å². The fourth-order valence-electron chi connectivity index (χ4n) is 16.7. The first-order valence-electron chi connectivity index (χ1n) is 21.7. The van der Waals surface area contributed by atoms with E-state index in [1.807, 2.05) is 13.0 Å². The molecule has 0 bridgehead atoms. The summed E-state index contributed by atoms with van der Waals surface area (Å²) in [4.78, 5) is 48.1. The SMILES string of the molecule is CCC(=O)O[C@H]1CC[C@H]2[C@@H]3CCC4=CC(=O)CC[C@]4(C)[C@H]3CC[C@]12C.C[C@]12CCC(=O)C=C1[C@@H]1C[C@@H]1[C@H]1[C@@H]3[C@@H]4C[C@@H]4[C@@]4(CCC(=O)O4)[C@@]3(C)CC[C@@H]12. The van der Waals surface area contributed by atoms with E-state index >= 15 is 0 Å². The Morgan fingerprint density at radius 1 is 0.731 bits per heavy atom. The van der Waals surface area contributed by atoms with Crippen LogP contribution < -0.4 is 0 Å². The van der Waals surface area contributed by atoms with Gasteiger partial charge >= 0.3 is 11.9 Å². The van der Waals surface area contributed by atoms with E-state index < -0.39 is 0 Å². The molecule has 9 fully saturated rings. The quantitative estimate of drug-likeness (QED) is 0.266. The second-order valence-electron chi connectivity index (χ2n) is 20.9. The molecule has 0 aromatic heterocycles. The molecule has 11 aliphatic rings. The van der Waals surface area contributed by atoms with Crippen molar-refractivity contribution in [3.8, 4) is 0 Å². The number of rotatable bonds is 2. The lowest BCUT2D eigenvalue weighted by Gasteiger charge is -2.60. The molecule has 8 saturated carbocycles. The highest BCUT2D eigenvalue weighted by Gasteiger charge is 2.81. The molecule has 1 heterocycles. The number of esters is 2. The van der Waals surface area contributed by atoms with Gasteiger partial charge in [-0.1, -0.05) is 45.8 Å². The normalized spacial score (nSPS) is 54.2. The van der Waals surface area contributed by atoms with E-state index in [2.05, 4.69) is 33.8 Å². The van der Waals surface area contributed by atoms with Gasteiger partial charge in [-0.25, -0.2) is 0 Å². The van der Waals surface area contributed by atoms with Crippen LogP contribution in [0.4, 0.5) is 0 Å². The summed E-state index contributed by atoms with van der Waals surface area (Å²) in [6, 6.07) is 0. The lowest BCUT2D eigenvalue weighted by Crippen LogP contribution is -2.57. The Balaban J connectivity index is 0.000000131. The molecular weight excluding hydrogens is 649 g/mol. The van der Waals surface area contributed by atoms with Crippen LogP contribution in [0.25, 0.3) is 0 Å². The van der Waals surface area contributed by atoms with Gasteiger partial charge in [0.1, 0.15) is 11.7 Å². The van der Waals surface area contributed by atoms with Crippen LogP contribution in [0.2, 0.25) is 0 Å². The summed E-state index contributed by atoms with van der Waals surface area (Å²) in [6.07, 6.45) is 21.8. The topological polar surface area (TPSA) is 86.7 Å². The summed E-state index contributed by atoms with van der Waals surface area (Å²) in [6.45, 7) is 11.7. The monoisotopic (exact) mass is 710 g/mol. The zero-order valence-corrected chi connectivity index (χ0v) is 32.5. The van der Waals surface area contributed by atoms with Crippen molar-refractivity contribution in [2.75, 3.05) is 0 Å². The highest BCUT2D eigenvalue weighted by Crippen LogP contribution is 2.82. The number of ether oxygens (including phenoxy) is 2. The predicted molar refractivity (Wildman–Crippen MR) is 196 cm³/mol. The number of carbonyl (C=O) groups excluding carboxylic acids is 4. The molecule has 1 aliphatic heterocycles. The highest BCUT2D eigenvalue weighted by atomic mass is 16.6. The van der Waals surface area contributed by atoms with Gasteiger partial charge in [-0.2, -0.15) is 0 Å². The van der Waals surface area contributed by atoms with Crippen LogP contribution in [0.5, 0.6) is 0 Å². The fourth-order valence-corrected chi connectivity index (χ4v) is 16.7. The van der Waals surface area contributed by atoms with Gasteiger partial charge in [0.25, 0.3) is 0 Å². The van der Waals surface area contributed by atoms with Crippen molar-refractivity contribution in [2.24, 2.45) is 80.8 Å². The lowest BCUT2D eigenvalue weighted by atomic mass is 9.45. The van der Waals surface area contributed by atoms with Crippen molar-refractivity contribution in [1.82, 2.24) is 0 Å². The van der Waals surface area contributed by atoms with Crippen LogP contribution in [-0.2, 0) is 28.7 Å². The molecule has 1 spiro atoms. The van der Waals surface area contributed by atoms with Gasteiger partial charge < -0.3 is 9.47 Å². The van der Waals surface area contributed by atoms with E-state index in [1.165, 1.54) is 56.1 Å². The molecule has 11 rings (SSSR count). The third kappa shape index (κ3) is 4.42. The number of carbonyl (C=O) groups is 4. The van der Waals surface area contributed by atoms with Crippen molar-refractivity contribution in [2.45, 2.75) is 155 Å². The summed E-state index contributed by atoms with van der Waals surface area (Å²) in [5, 5.41) is 0. The summed E-state index contributed by atoms with van der Waals surface area (Å²) in [7, 11) is 0. The van der Waals surface area contributed by atoms with Gasteiger partial charge in [-0.05, 0) is 160 Å². The van der Waals surface area contributed by atoms with Crippen LogP contribution in [0, 0.1) is 80.8 Å². The molecule has 16 atom stereocenters. The van der Waals surface area contributed by atoms with Crippen LogP contribution in [0.15, 0.2) is 23.3 Å². The van der Waals surface area contributed by atoms with Gasteiger partial charge in [-0.3, -0.25) is 19.2 Å². The third-order valence-corrected chi connectivity index (χ3v) is 19.3. The lowest BCUT2D eigenvalue weighted by molar-refractivity contribution is -0.177. The summed E-state index contributed by atoms with van der Waals surface area (Å²) >= 11 is 0. The average Bonchev–Trinajstić information content (AvgIpc) is 4.01. The van der Waals surface area contributed by atoms with E-state index in [1.54, 1.807) is 0 Å². The molecule has 0 aromatic rings. The zero-order valence-electron chi connectivity index (χ0n) is 32.5. The Kier molecular flexibility index (Phi) is 7.36. The smallest absolute Gasteiger partial charge is 0.306 e. The maximum atomic E-state index is 12.2. The van der Waals surface area contributed by atoms with E-state index in [4.69, 9.17) is 9.47 Å². The van der Waals surface area contributed by atoms with Crippen LogP contribution in [0.3, 0.4) is 0 Å². The molecule has 6 heteroatoms. The number of fused-ring (bicyclic) bond motifs is 17. The number of hydrogen-bond acceptors (Lipinski definition) is 6. The second-order valence-corrected chi connectivity index (χ2v) is 20.9. The Labute approximate surface area is 311 Å². The maximum Gasteiger partial charge on any atom is 0.306 e. The zero-order chi connectivity index (χ0) is 36.2. The van der Waals surface area contributed by atoms with E-state index in [0.717, 1.165) is 86.9 Å². The van der Waals surface area contributed by atoms with Crippen molar-refractivity contribution < 1.29 is 28.7 Å². The minimum Gasteiger partial charge on any atom is -0.462 e. The Morgan fingerprint density at radius 3 is 2.23 bits per heavy atom. The van der Waals surface area contributed by atoms with Gasteiger partial charge in [-0.15, -0.1) is 0 Å².